The molecule has 2 aromatic rings. The van der Waals surface area contributed by atoms with Gasteiger partial charge in [0.1, 0.15) is 0 Å². The van der Waals surface area contributed by atoms with Crippen LogP contribution in [0.1, 0.15) is 19.8 Å². The predicted octanol–water partition coefficient (Wildman–Crippen LogP) is 3.74. The Labute approximate surface area is 106 Å². The maximum Gasteiger partial charge on any atom is 0.0877 e. The normalized spacial score (nSPS) is 10.5. The molecule has 0 aliphatic heterocycles. The first-order valence-electron chi connectivity index (χ1n) is 5.84. The van der Waals surface area contributed by atoms with Crippen LogP contribution < -0.4 is 5.32 Å². The highest BCUT2D eigenvalue weighted by molar-refractivity contribution is 6.31. The van der Waals surface area contributed by atoms with Crippen LogP contribution in [0.5, 0.6) is 0 Å². The lowest BCUT2D eigenvalue weighted by Gasteiger charge is -2.12. The summed E-state index contributed by atoms with van der Waals surface area (Å²) in [4.78, 5) is 0. The minimum absolute atomic E-state index is 0.736. The number of hydrogen-bond acceptors (Lipinski definition) is 2. The van der Waals surface area contributed by atoms with Crippen molar-refractivity contribution < 1.29 is 0 Å². The Morgan fingerprint density at radius 3 is 3.00 bits per heavy atom. The van der Waals surface area contributed by atoms with Crippen LogP contribution in [0.2, 0.25) is 5.02 Å². The van der Waals surface area contributed by atoms with Gasteiger partial charge in [-0.25, -0.2) is 4.68 Å². The van der Waals surface area contributed by atoms with Gasteiger partial charge in [-0.05, 0) is 30.7 Å². The van der Waals surface area contributed by atoms with Crippen molar-refractivity contribution in [3.63, 3.8) is 0 Å². The number of rotatable bonds is 5. The van der Waals surface area contributed by atoms with Gasteiger partial charge in [0, 0.05) is 24.0 Å². The third kappa shape index (κ3) is 3.01. The van der Waals surface area contributed by atoms with Crippen molar-refractivity contribution in [2.75, 3.05) is 11.9 Å². The summed E-state index contributed by atoms with van der Waals surface area (Å²) in [7, 11) is 0. The molecule has 1 aromatic heterocycles. The molecular weight excluding hydrogens is 234 g/mol. The monoisotopic (exact) mass is 249 g/mol. The van der Waals surface area contributed by atoms with Gasteiger partial charge in [-0.3, -0.25) is 0 Å². The summed E-state index contributed by atoms with van der Waals surface area (Å²) in [5.74, 6) is 0. The zero-order valence-corrected chi connectivity index (χ0v) is 10.6. The van der Waals surface area contributed by atoms with Crippen LogP contribution in [0.3, 0.4) is 0 Å². The van der Waals surface area contributed by atoms with E-state index in [0.717, 1.165) is 29.4 Å². The molecule has 3 nitrogen and oxygen atoms in total. The van der Waals surface area contributed by atoms with Crippen molar-refractivity contribution in [2.45, 2.75) is 19.8 Å². The average molecular weight is 250 g/mol. The molecule has 90 valence electrons. The van der Waals surface area contributed by atoms with Crippen LogP contribution in [0, 0.1) is 0 Å². The molecule has 4 heteroatoms. The third-order valence-electron chi connectivity index (χ3n) is 2.56. The van der Waals surface area contributed by atoms with Crippen molar-refractivity contribution in [3.8, 4) is 5.69 Å². The lowest BCUT2D eigenvalue weighted by Crippen LogP contribution is -2.06. The molecule has 0 saturated carbocycles. The van der Waals surface area contributed by atoms with E-state index in [0.29, 0.717) is 0 Å². The van der Waals surface area contributed by atoms with Crippen molar-refractivity contribution in [2.24, 2.45) is 0 Å². The van der Waals surface area contributed by atoms with Crippen molar-refractivity contribution >= 4 is 17.3 Å². The van der Waals surface area contributed by atoms with Crippen LogP contribution in [-0.2, 0) is 0 Å². The quantitative estimate of drug-likeness (QED) is 0.819. The molecule has 0 fully saturated rings. The Morgan fingerprint density at radius 2 is 2.29 bits per heavy atom. The van der Waals surface area contributed by atoms with Crippen molar-refractivity contribution in [1.29, 1.82) is 0 Å². The molecule has 2 rings (SSSR count). The lowest BCUT2D eigenvalue weighted by atomic mass is 10.2. The standard InChI is InChI=1S/C13H16ClN3/c1-2-3-7-15-12-10-11(14)5-6-13(12)17-9-4-8-16-17/h4-6,8-10,15H,2-3,7H2,1H3. The van der Waals surface area contributed by atoms with E-state index in [9.17, 15) is 0 Å². The van der Waals surface area contributed by atoms with Gasteiger partial charge in [-0.2, -0.15) is 5.10 Å². The van der Waals surface area contributed by atoms with Crippen LogP contribution >= 0.6 is 11.6 Å². The van der Waals surface area contributed by atoms with Gasteiger partial charge >= 0.3 is 0 Å². The Hall–Kier alpha value is -1.48. The fourth-order valence-corrected chi connectivity index (χ4v) is 1.83. The fourth-order valence-electron chi connectivity index (χ4n) is 1.66. The first kappa shape index (κ1) is 12.0. The summed E-state index contributed by atoms with van der Waals surface area (Å²) in [6, 6.07) is 7.70. The van der Waals surface area contributed by atoms with Crippen LogP contribution in [0.25, 0.3) is 5.69 Å². The van der Waals surface area contributed by atoms with Crippen LogP contribution in [0.15, 0.2) is 36.7 Å². The first-order valence-corrected chi connectivity index (χ1v) is 6.22. The molecule has 0 aliphatic rings. The second-order valence-electron chi connectivity index (χ2n) is 3.89. The second-order valence-corrected chi connectivity index (χ2v) is 4.33. The number of halogens is 1. The zero-order valence-electron chi connectivity index (χ0n) is 9.86. The Balaban J connectivity index is 2.25. The molecule has 1 aromatic carbocycles. The lowest BCUT2D eigenvalue weighted by molar-refractivity contribution is 0.828. The number of hydrogen-bond donors (Lipinski definition) is 1. The average Bonchev–Trinajstić information content (AvgIpc) is 2.83. The molecule has 0 aliphatic carbocycles. The van der Waals surface area contributed by atoms with Gasteiger partial charge in [-0.1, -0.05) is 24.9 Å². The molecule has 1 heterocycles. The number of benzene rings is 1. The van der Waals surface area contributed by atoms with Crippen LogP contribution in [0.4, 0.5) is 5.69 Å². The van der Waals surface area contributed by atoms with E-state index in [1.165, 1.54) is 6.42 Å². The first-order chi connectivity index (χ1) is 8.31. The molecule has 0 atom stereocenters. The van der Waals surface area contributed by atoms with Gasteiger partial charge in [0.2, 0.25) is 0 Å². The maximum atomic E-state index is 6.02. The summed E-state index contributed by atoms with van der Waals surface area (Å²) >= 11 is 6.02. The van der Waals surface area contributed by atoms with Gasteiger partial charge < -0.3 is 5.32 Å². The SMILES string of the molecule is CCCCNc1cc(Cl)ccc1-n1cccn1. The van der Waals surface area contributed by atoms with Crippen molar-refractivity contribution in [1.82, 2.24) is 9.78 Å². The number of aromatic nitrogens is 2. The van der Waals surface area contributed by atoms with Gasteiger partial charge in [0.05, 0.1) is 11.4 Å². The Morgan fingerprint density at radius 1 is 1.41 bits per heavy atom. The molecule has 0 bridgehead atoms. The molecule has 0 unspecified atom stereocenters. The highest BCUT2D eigenvalue weighted by Gasteiger charge is 2.05. The van der Waals surface area contributed by atoms with E-state index in [1.807, 2.05) is 35.1 Å². The summed E-state index contributed by atoms with van der Waals surface area (Å²) in [5.41, 5.74) is 2.05. The minimum Gasteiger partial charge on any atom is -0.383 e. The van der Waals surface area contributed by atoms with E-state index in [2.05, 4.69) is 17.3 Å². The van der Waals surface area contributed by atoms with E-state index in [-0.39, 0.29) is 0 Å². The zero-order chi connectivity index (χ0) is 12.1. The molecule has 1 N–H and O–H groups in total. The van der Waals surface area contributed by atoms with E-state index < -0.39 is 0 Å². The Bertz CT molecular complexity index is 466. The minimum atomic E-state index is 0.736. The molecular formula is C13H16ClN3. The van der Waals surface area contributed by atoms with E-state index in [1.54, 1.807) is 6.20 Å². The molecule has 0 saturated heterocycles. The van der Waals surface area contributed by atoms with Crippen molar-refractivity contribution in [3.05, 3.63) is 41.7 Å². The summed E-state index contributed by atoms with van der Waals surface area (Å²) in [5, 5.41) is 8.37. The maximum absolute atomic E-state index is 6.02. The molecule has 0 amide bonds. The summed E-state index contributed by atoms with van der Waals surface area (Å²) in [6.07, 6.45) is 6.01. The van der Waals surface area contributed by atoms with Crippen LogP contribution in [-0.4, -0.2) is 16.3 Å². The molecule has 0 radical (unpaired) electrons. The topological polar surface area (TPSA) is 29.9 Å². The van der Waals surface area contributed by atoms with Gasteiger partial charge in [-0.15, -0.1) is 0 Å². The molecule has 0 spiro atoms. The Kier molecular flexibility index (Phi) is 4.04. The van der Waals surface area contributed by atoms with Gasteiger partial charge in [0.15, 0.2) is 0 Å². The summed E-state index contributed by atoms with van der Waals surface area (Å²) in [6.45, 7) is 3.12. The number of unbranched alkanes of at least 4 members (excludes halogenated alkanes) is 1. The fraction of sp³-hybridized carbons (Fsp3) is 0.308. The highest BCUT2D eigenvalue weighted by Crippen LogP contribution is 2.24. The van der Waals surface area contributed by atoms with E-state index in [4.69, 9.17) is 11.6 Å². The number of anilines is 1. The smallest absolute Gasteiger partial charge is 0.0877 e. The van der Waals surface area contributed by atoms with E-state index >= 15 is 0 Å². The number of nitrogens with one attached hydrogen (secondary N) is 1. The predicted molar refractivity (Wildman–Crippen MR) is 72.0 cm³/mol. The third-order valence-corrected chi connectivity index (χ3v) is 2.79. The summed E-state index contributed by atoms with van der Waals surface area (Å²) < 4.78 is 1.84. The largest absolute Gasteiger partial charge is 0.383 e. The molecule has 17 heavy (non-hydrogen) atoms. The second kappa shape index (κ2) is 5.73. The highest BCUT2D eigenvalue weighted by atomic mass is 35.5. The number of nitrogens with zero attached hydrogens (tertiary/aromatic N) is 2. The van der Waals surface area contributed by atoms with Gasteiger partial charge in [0.25, 0.3) is 0 Å².